The minimum atomic E-state index is -0.324. The highest BCUT2D eigenvalue weighted by atomic mass is 16.3. The molecule has 1 N–H and O–H groups in total. The van der Waals surface area contributed by atoms with E-state index in [-0.39, 0.29) is 12.4 Å². The van der Waals surface area contributed by atoms with Crippen LogP contribution in [-0.2, 0) is 0 Å². The van der Waals surface area contributed by atoms with Crippen LogP contribution in [0.4, 0.5) is 0 Å². The Morgan fingerprint density at radius 2 is 1.67 bits per heavy atom. The van der Waals surface area contributed by atoms with E-state index < -0.39 is 0 Å². The van der Waals surface area contributed by atoms with Gasteiger partial charge in [-0.2, -0.15) is 0 Å². The molecule has 140 valence electrons. The Balaban J connectivity index is 2.06. The molecular weight excluding hydrogens is 296 g/mol. The van der Waals surface area contributed by atoms with Crippen LogP contribution in [0, 0.1) is 0 Å². The smallest absolute Gasteiger partial charge is 0.189 e. The highest BCUT2D eigenvalue weighted by Gasteiger charge is 2.41. The Kier molecular flexibility index (Phi) is 11.3. The fraction of sp³-hybridized carbons (Fsp3) is 0.857. The van der Waals surface area contributed by atoms with Gasteiger partial charge in [0, 0.05) is 13.3 Å². The largest absolute Gasteiger partial charge is 0.345 e. The highest BCUT2D eigenvalue weighted by Crippen LogP contribution is 2.26. The maximum absolute atomic E-state index is 10.1. The molecule has 3 unspecified atom stereocenters. The predicted molar refractivity (Wildman–Crippen MR) is 105 cm³/mol. The van der Waals surface area contributed by atoms with Gasteiger partial charge in [-0.15, -0.1) is 0 Å². The molecule has 0 saturated heterocycles. The van der Waals surface area contributed by atoms with Crippen molar-refractivity contribution in [2.24, 2.45) is 4.99 Å². The number of aliphatic hydroxyl groups is 1. The van der Waals surface area contributed by atoms with Crippen molar-refractivity contribution in [3.8, 4) is 0 Å². The van der Waals surface area contributed by atoms with E-state index in [1.807, 2.05) is 13.1 Å². The SMILES string of the molecule is CCCCCCCCC/C=C/CCCC1N=CC[N+]1(CC)C(C)O. The Morgan fingerprint density at radius 3 is 2.29 bits per heavy atom. The van der Waals surface area contributed by atoms with Gasteiger partial charge in [0.2, 0.25) is 0 Å². The minimum absolute atomic E-state index is 0.256. The molecule has 1 rings (SSSR count). The topological polar surface area (TPSA) is 32.6 Å². The zero-order valence-corrected chi connectivity index (χ0v) is 16.4. The summed E-state index contributed by atoms with van der Waals surface area (Å²) >= 11 is 0. The van der Waals surface area contributed by atoms with Crippen LogP contribution in [0.1, 0.15) is 91.4 Å². The number of aliphatic imine (C=N–C) groups is 1. The van der Waals surface area contributed by atoms with E-state index in [2.05, 4.69) is 31.0 Å². The van der Waals surface area contributed by atoms with Crippen LogP contribution >= 0.6 is 0 Å². The molecule has 1 heterocycles. The van der Waals surface area contributed by atoms with Crippen LogP contribution in [0.25, 0.3) is 0 Å². The summed E-state index contributed by atoms with van der Waals surface area (Å²) in [6.07, 6.45) is 21.0. The number of unbranched alkanes of at least 4 members (excludes halogenated alkanes) is 8. The summed E-state index contributed by atoms with van der Waals surface area (Å²) in [7, 11) is 0. The van der Waals surface area contributed by atoms with Gasteiger partial charge in [0.05, 0.1) is 12.8 Å². The van der Waals surface area contributed by atoms with Crippen molar-refractivity contribution >= 4 is 6.21 Å². The van der Waals surface area contributed by atoms with Crippen LogP contribution in [0.15, 0.2) is 17.1 Å². The number of allylic oxidation sites excluding steroid dienone is 2. The lowest BCUT2D eigenvalue weighted by atomic mass is 10.1. The molecule has 0 fully saturated rings. The summed E-state index contributed by atoms with van der Waals surface area (Å²) in [6.45, 7) is 8.18. The van der Waals surface area contributed by atoms with Crippen molar-refractivity contribution in [2.75, 3.05) is 13.1 Å². The lowest BCUT2D eigenvalue weighted by molar-refractivity contribution is -0.976. The first kappa shape index (κ1) is 21.4. The van der Waals surface area contributed by atoms with Gasteiger partial charge in [-0.3, -0.25) is 4.48 Å². The molecule has 0 aromatic heterocycles. The van der Waals surface area contributed by atoms with Gasteiger partial charge in [0.15, 0.2) is 12.4 Å². The molecule has 1 aliphatic rings. The molecule has 24 heavy (non-hydrogen) atoms. The molecule has 0 spiro atoms. The van der Waals surface area contributed by atoms with Gasteiger partial charge in [0.25, 0.3) is 0 Å². The van der Waals surface area contributed by atoms with Crippen LogP contribution in [0.5, 0.6) is 0 Å². The summed E-state index contributed by atoms with van der Waals surface area (Å²) in [6, 6.07) is 0. The van der Waals surface area contributed by atoms with Crippen molar-refractivity contribution in [1.82, 2.24) is 0 Å². The zero-order valence-electron chi connectivity index (χ0n) is 16.4. The third kappa shape index (κ3) is 7.06. The second-order valence-corrected chi connectivity index (χ2v) is 7.36. The van der Waals surface area contributed by atoms with Crippen LogP contribution in [-0.4, -0.2) is 41.3 Å². The van der Waals surface area contributed by atoms with E-state index in [1.165, 1.54) is 57.8 Å². The fourth-order valence-electron chi connectivity index (χ4n) is 3.79. The van der Waals surface area contributed by atoms with Gasteiger partial charge < -0.3 is 5.11 Å². The maximum atomic E-state index is 10.1. The van der Waals surface area contributed by atoms with E-state index in [9.17, 15) is 5.11 Å². The van der Waals surface area contributed by atoms with Gasteiger partial charge in [-0.05, 0) is 32.6 Å². The summed E-state index contributed by atoms with van der Waals surface area (Å²) in [4.78, 5) is 4.63. The van der Waals surface area contributed by atoms with Crippen molar-refractivity contribution in [2.45, 2.75) is 104 Å². The van der Waals surface area contributed by atoms with E-state index in [4.69, 9.17) is 0 Å². The molecule has 3 nitrogen and oxygen atoms in total. The molecular formula is C21H41N2O+. The second kappa shape index (κ2) is 12.7. The third-order valence-electron chi connectivity index (χ3n) is 5.60. The number of quaternary nitrogens is 1. The van der Waals surface area contributed by atoms with Crippen molar-refractivity contribution in [3.63, 3.8) is 0 Å². The Hall–Kier alpha value is -0.670. The average Bonchev–Trinajstić information content (AvgIpc) is 3.00. The molecule has 0 amide bonds. The van der Waals surface area contributed by atoms with Crippen LogP contribution in [0.2, 0.25) is 0 Å². The molecule has 3 atom stereocenters. The van der Waals surface area contributed by atoms with E-state index >= 15 is 0 Å². The monoisotopic (exact) mass is 337 g/mol. The third-order valence-corrected chi connectivity index (χ3v) is 5.60. The molecule has 0 aromatic rings. The molecule has 3 heteroatoms. The van der Waals surface area contributed by atoms with Gasteiger partial charge in [0.1, 0.15) is 6.54 Å². The maximum Gasteiger partial charge on any atom is 0.189 e. The lowest BCUT2D eigenvalue weighted by Gasteiger charge is -2.40. The van der Waals surface area contributed by atoms with Gasteiger partial charge >= 0.3 is 0 Å². The molecule has 0 aliphatic carbocycles. The van der Waals surface area contributed by atoms with E-state index in [0.717, 1.165) is 30.4 Å². The average molecular weight is 338 g/mol. The number of hydrogen-bond acceptors (Lipinski definition) is 2. The number of hydrogen-bond donors (Lipinski definition) is 1. The van der Waals surface area contributed by atoms with E-state index in [0.29, 0.717) is 0 Å². The molecule has 1 aliphatic heterocycles. The Morgan fingerprint density at radius 1 is 1.04 bits per heavy atom. The van der Waals surface area contributed by atoms with Gasteiger partial charge in [-0.1, -0.05) is 57.6 Å². The van der Waals surface area contributed by atoms with Gasteiger partial charge in [-0.25, -0.2) is 4.99 Å². The Bertz CT molecular complexity index is 365. The van der Waals surface area contributed by atoms with Crippen molar-refractivity contribution in [3.05, 3.63) is 12.2 Å². The summed E-state index contributed by atoms with van der Waals surface area (Å²) in [5.74, 6) is 0. The molecule has 0 aromatic carbocycles. The van der Waals surface area contributed by atoms with Crippen molar-refractivity contribution < 1.29 is 9.59 Å². The first-order chi connectivity index (χ1) is 11.7. The summed E-state index contributed by atoms with van der Waals surface area (Å²) in [5.41, 5.74) is 0. The predicted octanol–water partition coefficient (Wildman–Crippen LogP) is 5.44. The quantitative estimate of drug-likeness (QED) is 0.255. The number of nitrogens with zero attached hydrogens (tertiary/aromatic N) is 2. The number of aliphatic hydroxyl groups excluding tert-OH is 1. The second-order valence-electron chi connectivity index (χ2n) is 7.36. The number of rotatable bonds is 14. The molecule has 0 saturated carbocycles. The minimum Gasteiger partial charge on any atom is -0.345 e. The first-order valence-electron chi connectivity index (χ1n) is 10.4. The van der Waals surface area contributed by atoms with Crippen molar-refractivity contribution in [1.29, 1.82) is 0 Å². The summed E-state index contributed by atoms with van der Waals surface area (Å²) < 4.78 is 0.724. The first-order valence-corrected chi connectivity index (χ1v) is 10.4. The zero-order chi connectivity index (χ0) is 17.7. The van der Waals surface area contributed by atoms with Crippen LogP contribution < -0.4 is 0 Å². The Labute approximate surface area is 150 Å². The summed E-state index contributed by atoms with van der Waals surface area (Å²) in [5, 5.41) is 10.1. The highest BCUT2D eigenvalue weighted by molar-refractivity contribution is 5.60. The fourth-order valence-corrected chi connectivity index (χ4v) is 3.79. The standard InChI is InChI=1S/C21H41N2O/c1-4-6-7-8-9-10-11-12-13-14-15-16-17-21-22-18-19-23(21,5-2)20(3)24/h13-14,18,20-21,24H,4-12,15-17,19H2,1-3H3/q+1/b14-13+. The molecule has 0 radical (unpaired) electrons. The van der Waals surface area contributed by atoms with E-state index in [1.54, 1.807) is 0 Å². The lowest BCUT2D eigenvalue weighted by Crippen LogP contribution is -2.57. The van der Waals surface area contributed by atoms with Crippen LogP contribution in [0.3, 0.4) is 0 Å². The normalized spacial score (nSPS) is 24.9. The molecule has 0 bridgehead atoms.